The standard InChI is InChI=1S/C16H22N2O6/c1-17(21)24-8-2-7-23-15-4-3-13(16(19)20)11-14(15)12-18-5-9-22-10-6-18/h3-4,11H,2,5-10,12H2,1H3/p+1. The molecule has 8 nitrogen and oxygen atoms in total. The summed E-state index contributed by atoms with van der Waals surface area (Å²) in [7, 11) is 1.28. The molecule has 0 saturated carbocycles. The third-order valence-electron chi connectivity index (χ3n) is 3.62. The van der Waals surface area contributed by atoms with Crippen LogP contribution in [0, 0.1) is 4.91 Å². The van der Waals surface area contributed by atoms with E-state index < -0.39 is 5.97 Å². The van der Waals surface area contributed by atoms with Crippen molar-refractivity contribution in [1.82, 2.24) is 4.90 Å². The largest absolute Gasteiger partial charge is 0.493 e. The maximum absolute atomic E-state index is 11.2. The Morgan fingerprint density at radius 3 is 2.75 bits per heavy atom. The van der Waals surface area contributed by atoms with Crippen LogP contribution in [0.25, 0.3) is 0 Å². The molecule has 1 heterocycles. The Bertz CT molecular complexity index is 572. The van der Waals surface area contributed by atoms with E-state index in [9.17, 15) is 14.8 Å². The number of carbonyl (C=O) groups is 1. The Labute approximate surface area is 140 Å². The zero-order chi connectivity index (χ0) is 17.4. The average molecular weight is 339 g/mol. The van der Waals surface area contributed by atoms with Gasteiger partial charge in [0.05, 0.1) is 30.3 Å². The maximum atomic E-state index is 11.2. The Balaban J connectivity index is 1.99. The van der Waals surface area contributed by atoms with Crippen LogP contribution in [-0.4, -0.2) is 67.5 Å². The molecule has 8 heteroatoms. The molecule has 0 unspecified atom stereocenters. The van der Waals surface area contributed by atoms with Gasteiger partial charge >= 0.3 is 5.97 Å². The van der Waals surface area contributed by atoms with Crippen LogP contribution in [0.15, 0.2) is 18.2 Å². The van der Waals surface area contributed by atoms with Crippen LogP contribution in [0.5, 0.6) is 5.75 Å². The second-order valence-corrected chi connectivity index (χ2v) is 5.49. The van der Waals surface area contributed by atoms with E-state index in [1.807, 2.05) is 0 Å². The van der Waals surface area contributed by atoms with E-state index in [2.05, 4.69) is 4.90 Å². The van der Waals surface area contributed by atoms with Crippen LogP contribution in [0.1, 0.15) is 22.3 Å². The SMILES string of the molecule is C[N+](=O)OCCCOc1ccc(C(=O)O)cc1CN1CCOCC1. The third kappa shape index (κ3) is 5.78. The lowest BCUT2D eigenvalue weighted by atomic mass is 10.1. The van der Waals surface area contributed by atoms with Gasteiger partial charge in [0, 0.05) is 31.6 Å². The van der Waals surface area contributed by atoms with Gasteiger partial charge in [0.2, 0.25) is 12.0 Å². The summed E-state index contributed by atoms with van der Waals surface area (Å²) >= 11 is 0. The molecule has 1 aromatic carbocycles. The van der Waals surface area contributed by atoms with Crippen molar-refractivity contribution >= 4 is 5.97 Å². The molecule has 132 valence electrons. The number of rotatable bonds is 9. The number of morpholine rings is 1. The number of nitrogens with zero attached hydrogens (tertiary/aromatic N) is 2. The second kappa shape index (κ2) is 9.19. The Morgan fingerprint density at radius 1 is 1.33 bits per heavy atom. The van der Waals surface area contributed by atoms with Crippen molar-refractivity contribution in [3.05, 3.63) is 34.2 Å². The second-order valence-electron chi connectivity index (χ2n) is 5.49. The van der Waals surface area contributed by atoms with Gasteiger partial charge in [-0.3, -0.25) is 4.90 Å². The van der Waals surface area contributed by atoms with Gasteiger partial charge in [-0.2, -0.15) is 0 Å². The summed E-state index contributed by atoms with van der Waals surface area (Å²) in [4.78, 5) is 29.2. The van der Waals surface area contributed by atoms with Gasteiger partial charge in [-0.1, -0.05) is 0 Å². The van der Waals surface area contributed by atoms with Gasteiger partial charge in [0.15, 0.2) is 6.61 Å². The van der Waals surface area contributed by atoms with Crippen LogP contribution in [0.2, 0.25) is 0 Å². The fraction of sp³-hybridized carbons (Fsp3) is 0.562. The predicted octanol–water partition coefficient (Wildman–Crippen LogP) is 1.33. The molecule has 1 saturated heterocycles. The first-order chi connectivity index (χ1) is 11.6. The van der Waals surface area contributed by atoms with Crippen LogP contribution in [0.3, 0.4) is 0 Å². The summed E-state index contributed by atoms with van der Waals surface area (Å²) in [5.41, 5.74) is 1.07. The van der Waals surface area contributed by atoms with Gasteiger partial charge in [-0.25, -0.2) is 9.63 Å². The van der Waals surface area contributed by atoms with Crippen LogP contribution < -0.4 is 4.74 Å². The van der Waals surface area contributed by atoms with Crippen LogP contribution in [0.4, 0.5) is 0 Å². The number of benzene rings is 1. The van der Waals surface area contributed by atoms with Crippen LogP contribution >= 0.6 is 0 Å². The smallest absolute Gasteiger partial charge is 0.335 e. The van der Waals surface area contributed by atoms with Crippen molar-refractivity contribution in [2.75, 3.05) is 46.6 Å². The van der Waals surface area contributed by atoms with E-state index in [1.165, 1.54) is 13.1 Å². The zero-order valence-corrected chi connectivity index (χ0v) is 13.8. The fourth-order valence-electron chi connectivity index (χ4n) is 2.41. The van der Waals surface area contributed by atoms with Crippen LogP contribution in [-0.2, 0) is 16.1 Å². The highest BCUT2D eigenvalue weighted by atomic mass is 16.8. The Kier molecular flexibility index (Phi) is 6.95. The zero-order valence-electron chi connectivity index (χ0n) is 13.8. The van der Waals surface area contributed by atoms with Gasteiger partial charge in [0.25, 0.3) is 0 Å². The number of carboxylic acid groups (broad SMARTS) is 1. The summed E-state index contributed by atoms with van der Waals surface area (Å²) in [5.74, 6) is -0.307. The summed E-state index contributed by atoms with van der Waals surface area (Å²) in [6, 6.07) is 4.86. The highest BCUT2D eigenvalue weighted by molar-refractivity contribution is 5.88. The summed E-state index contributed by atoms with van der Waals surface area (Å²) in [6.07, 6.45) is 0.560. The van der Waals surface area contributed by atoms with Gasteiger partial charge in [-0.15, -0.1) is 0 Å². The molecular weight excluding hydrogens is 316 g/mol. The van der Waals surface area contributed by atoms with E-state index in [1.54, 1.807) is 12.1 Å². The van der Waals surface area contributed by atoms with Crippen molar-refractivity contribution in [1.29, 1.82) is 0 Å². The molecule has 1 aliphatic heterocycles. The number of hydrogen-bond donors (Lipinski definition) is 1. The molecule has 0 atom stereocenters. The van der Waals surface area contributed by atoms with Gasteiger partial charge < -0.3 is 14.6 Å². The minimum Gasteiger partial charge on any atom is -0.493 e. The first kappa shape index (κ1) is 18.2. The normalized spacial score (nSPS) is 15.0. The lowest BCUT2D eigenvalue weighted by Crippen LogP contribution is -2.35. The van der Waals surface area contributed by atoms with E-state index in [-0.39, 0.29) is 12.2 Å². The molecule has 1 aliphatic rings. The summed E-state index contributed by atoms with van der Waals surface area (Å²) in [5, 5.41) is 9.18. The highest BCUT2D eigenvalue weighted by Crippen LogP contribution is 2.23. The molecule has 0 spiro atoms. The Hall–Kier alpha value is -2.19. The van der Waals surface area contributed by atoms with Gasteiger partial charge in [0.1, 0.15) is 5.75 Å². The first-order valence-electron chi connectivity index (χ1n) is 7.89. The molecule has 24 heavy (non-hydrogen) atoms. The fourth-order valence-corrected chi connectivity index (χ4v) is 2.41. The molecular formula is C16H23N2O6+. The summed E-state index contributed by atoms with van der Waals surface area (Å²) < 4.78 is 11.1. The minimum absolute atomic E-state index is 0.238. The number of carboxylic acids is 1. The minimum atomic E-state index is -0.961. The lowest BCUT2D eigenvalue weighted by Gasteiger charge is -2.27. The quantitative estimate of drug-likeness (QED) is 0.536. The molecule has 0 bridgehead atoms. The topological polar surface area (TPSA) is 88.3 Å². The van der Waals surface area contributed by atoms with Crippen molar-refractivity contribution in [2.45, 2.75) is 13.0 Å². The number of aromatic carboxylic acids is 1. The van der Waals surface area contributed by atoms with Crippen molar-refractivity contribution < 1.29 is 29.1 Å². The van der Waals surface area contributed by atoms with Crippen molar-refractivity contribution in [3.63, 3.8) is 0 Å². The predicted molar refractivity (Wildman–Crippen MR) is 85.1 cm³/mol. The number of hydrogen-bond acceptors (Lipinski definition) is 6. The molecule has 0 radical (unpaired) electrons. The monoisotopic (exact) mass is 339 g/mol. The van der Waals surface area contributed by atoms with Gasteiger partial charge in [-0.05, 0) is 18.2 Å². The van der Waals surface area contributed by atoms with E-state index in [0.29, 0.717) is 43.5 Å². The molecule has 0 aliphatic carbocycles. The number of ether oxygens (including phenoxy) is 2. The molecule has 1 fully saturated rings. The summed E-state index contributed by atoms with van der Waals surface area (Å²) in [6.45, 7) is 4.23. The molecule has 1 N–H and O–H groups in total. The lowest BCUT2D eigenvalue weighted by molar-refractivity contribution is -0.784. The molecule has 1 aromatic rings. The molecule has 2 rings (SSSR count). The molecule has 0 amide bonds. The maximum Gasteiger partial charge on any atom is 0.335 e. The highest BCUT2D eigenvalue weighted by Gasteiger charge is 2.15. The average Bonchev–Trinajstić information content (AvgIpc) is 2.56. The first-order valence-corrected chi connectivity index (χ1v) is 7.89. The van der Waals surface area contributed by atoms with E-state index in [0.717, 1.165) is 18.7 Å². The van der Waals surface area contributed by atoms with E-state index in [4.69, 9.17) is 14.3 Å². The van der Waals surface area contributed by atoms with Crippen molar-refractivity contribution in [3.8, 4) is 5.75 Å². The van der Waals surface area contributed by atoms with E-state index >= 15 is 0 Å². The third-order valence-corrected chi connectivity index (χ3v) is 3.62. The molecule has 0 aromatic heterocycles. The Morgan fingerprint density at radius 2 is 2.08 bits per heavy atom. The van der Waals surface area contributed by atoms with Crippen molar-refractivity contribution in [2.24, 2.45) is 0 Å².